The van der Waals surface area contributed by atoms with Crippen molar-refractivity contribution in [2.24, 2.45) is 22.7 Å². The Bertz CT molecular complexity index is 789. The van der Waals surface area contributed by atoms with Crippen LogP contribution < -0.4 is 5.32 Å². The molecule has 1 aromatic carbocycles. The second-order valence-electron chi connectivity index (χ2n) is 10.2. The topological polar surface area (TPSA) is 49.3 Å². The average Bonchev–Trinajstić information content (AvgIpc) is 2.58. The SMILES string of the molecule is CNC(=O)c1cc(O)cc2c1[C@]1(C)CC[C@H]3C(C)(C)CCC[C@]3(C)[C@H]1CS2. The Hall–Kier alpha value is -1.16. The minimum absolute atomic E-state index is 0.00516. The predicted molar refractivity (Wildman–Crippen MR) is 112 cm³/mol. The molecule has 1 heterocycles. The van der Waals surface area contributed by atoms with Gasteiger partial charge in [-0.3, -0.25) is 4.79 Å². The van der Waals surface area contributed by atoms with Gasteiger partial charge in [-0.15, -0.1) is 11.8 Å². The summed E-state index contributed by atoms with van der Waals surface area (Å²) in [5, 5.41) is 13.0. The molecule has 4 rings (SSSR count). The molecule has 2 N–H and O–H groups in total. The zero-order chi connectivity index (χ0) is 19.6. The lowest BCUT2D eigenvalue weighted by Gasteiger charge is -2.64. The van der Waals surface area contributed by atoms with Crippen molar-refractivity contribution < 1.29 is 9.90 Å². The Labute approximate surface area is 167 Å². The van der Waals surface area contributed by atoms with E-state index in [1.807, 2.05) is 17.8 Å². The van der Waals surface area contributed by atoms with E-state index in [9.17, 15) is 9.90 Å². The number of nitrogens with one attached hydrogen (secondary N) is 1. The van der Waals surface area contributed by atoms with E-state index >= 15 is 0 Å². The first-order valence-corrected chi connectivity index (χ1v) is 11.3. The summed E-state index contributed by atoms with van der Waals surface area (Å²) < 4.78 is 0. The molecule has 0 aromatic heterocycles. The first-order valence-electron chi connectivity index (χ1n) is 10.4. The summed E-state index contributed by atoms with van der Waals surface area (Å²) in [5.41, 5.74) is 2.57. The Morgan fingerprint density at radius 1 is 1.15 bits per heavy atom. The summed E-state index contributed by atoms with van der Waals surface area (Å²) in [6.45, 7) is 9.86. The van der Waals surface area contributed by atoms with Crippen molar-refractivity contribution in [3.05, 3.63) is 23.3 Å². The van der Waals surface area contributed by atoms with E-state index in [0.717, 1.165) is 23.0 Å². The van der Waals surface area contributed by atoms with E-state index < -0.39 is 0 Å². The Kier molecular flexibility index (Phi) is 4.38. The van der Waals surface area contributed by atoms with Crippen molar-refractivity contribution in [2.45, 2.75) is 70.1 Å². The average molecular weight is 388 g/mol. The van der Waals surface area contributed by atoms with Gasteiger partial charge in [-0.1, -0.05) is 34.1 Å². The molecule has 27 heavy (non-hydrogen) atoms. The largest absolute Gasteiger partial charge is 0.508 e. The Balaban J connectivity index is 1.87. The van der Waals surface area contributed by atoms with E-state index in [2.05, 4.69) is 33.0 Å². The number of phenols is 1. The molecule has 0 unspecified atom stereocenters. The quantitative estimate of drug-likeness (QED) is 0.682. The molecule has 3 nitrogen and oxygen atoms in total. The second kappa shape index (κ2) is 6.17. The van der Waals surface area contributed by atoms with Gasteiger partial charge in [-0.25, -0.2) is 0 Å². The Morgan fingerprint density at radius 3 is 2.59 bits per heavy atom. The fourth-order valence-electron chi connectivity index (χ4n) is 7.11. The van der Waals surface area contributed by atoms with Crippen LogP contribution >= 0.6 is 11.8 Å². The zero-order valence-electron chi connectivity index (χ0n) is 17.3. The maximum Gasteiger partial charge on any atom is 0.251 e. The molecular weight excluding hydrogens is 354 g/mol. The van der Waals surface area contributed by atoms with Gasteiger partial charge in [0.25, 0.3) is 5.91 Å². The molecule has 2 saturated carbocycles. The first-order chi connectivity index (χ1) is 12.6. The fourth-order valence-corrected chi connectivity index (χ4v) is 8.90. The van der Waals surface area contributed by atoms with E-state index in [4.69, 9.17) is 0 Å². The van der Waals surface area contributed by atoms with Crippen molar-refractivity contribution in [1.82, 2.24) is 5.32 Å². The minimum Gasteiger partial charge on any atom is -0.508 e. The summed E-state index contributed by atoms with van der Waals surface area (Å²) in [6.07, 6.45) is 6.29. The lowest BCUT2D eigenvalue weighted by Crippen LogP contribution is -2.58. The molecule has 0 radical (unpaired) electrons. The Morgan fingerprint density at radius 2 is 1.89 bits per heavy atom. The van der Waals surface area contributed by atoms with E-state index in [1.54, 1.807) is 13.1 Å². The summed E-state index contributed by atoms with van der Waals surface area (Å²) in [7, 11) is 1.68. The smallest absolute Gasteiger partial charge is 0.251 e. The van der Waals surface area contributed by atoms with Crippen LogP contribution in [0, 0.1) is 22.7 Å². The van der Waals surface area contributed by atoms with Crippen molar-refractivity contribution >= 4 is 17.7 Å². The van der Waals surface area contributed by atoms with Crippen LogP contribution in [0.5, 0.6) is 5.75 Å². The molecule has 2 aliphatic carbocycles. The second-order valence-corrected chi connectivity index (χ2v) is 11.2. The summed E-state index contributed by atoms with van der Waals surface area (Å²) in [6, 6.07) is 3.54. The number of benzene rings is 1. The van der Waals surface area contributed by atoms with Crippen molar-refractivity contribution in [3.63, 3.8) is 0 Å². The molecular formula is C23H33NO2S. The molecule has 148 valence electrons. The number of rotatable bonds is 1. The zero-order valence-corrected chi connectivity index (χ0v) is 18.1. The number of carbonyl (C=O) groups is 1. The standard InChI is InChI=1S/C23H33NO2S/c1-21(2)8-6-9-22(3)17(21)7-10-23(4)18(22)13-27-16-12-14(25)11-15(19(16)23)20(26)24-5/h11-12,17-18,25H,6-10,13H2,1-5H3,(H,24,26)/t17-,18+,22-,23+/m0/s1. The minimum atomic E-state index is -0.0825. The van der Waals surface area contributed by atoms with Crippen molar-refractivity contribution in [2.75, 3.05) is 12.8 Å². The van der Waals surface area contributed by atoms with Gasteiger partial charge in [0.1, 0.15) is 5.75 Å². The molecule has 4 atom stereocenters. The van der Waals surface area contributed by atoms with Crippen LogP contribution in [0.2, 0.25) is 0 Å². The molecule has 4 heteroatoms. The normalized spacial score (nSPS) is 36.9. The van der Waals surface area contributed by atoms with Crippen molar-refractivity contribution in [1.29, 1.82) is 0 Å². The van der Waals surface area contributed by atoms with Gasteiger partial charge in [-0.2, -0.15) is 0 Å². The predicted octanol–water partition coefficient (Wildman–Crippen LogP) is 5.36. The van der Waals surface area contributed by atoms with E-state index in [1.165, 1.54) is 31.2 Å². The number of thioether (sulfide) groups is 1. The maximum absolute atomic E-state index is 12.7. The highest BCUT2D eigenvalue weighted by molar-refractivity contribution is 7.99. The van der Waals surface area contributed by atoms with E-state index in [0.29, 0.717) is 22.3 Å². The van der Waals surface area contributed by atoms with Crippen LogP contribution in [-0.4, -0.2) is 23.8 Å². The molecule has 1 aliphatic heterocycles. The number of hydrogen-bond donors (Lipinski definition) is 2. The van der Waals surface area contributed by atoms with Gasteiger partial charge >= 0.3 is 0 Å². The highest BCUT2D eigenvalue weighted by atomic mass is 32.2. The van der Waals surface area contributed by atoms with Crippen molar-refractivity contribution in [3.8, 4) is 5.75 Å². The number of amides is 1. The lowest BCUT2D eigenvalue weighted by atomic mass is 9.42. The van der Waals surface area contributed by atoms with Crippen LogP contribution in [0.3, 0.4) is 0 Å². The molecule has 2 fully saturated rings. The van der Waals surface area contributed by atoms with Gasteiger partial charge < -0.3 is 10.4 Å². The molecule has 1 amide bonds. The number of phenolic OH excluding ortho intramolecular Hbond substituents is 1. The van der Waals surface area contributed by atoms with Gasteiger partial charge in [0.05, 0.1) is 0 Å². The summed E-state index contributed by atoms with van der Waals surface area (Å²) >= 11 is 1.84. The fraction of sp³-hybridized carbons (Fsp3) is 0.696. The van der Waals surface area contributed by atoms with Crippen LogP contribution in [0.15, 0.2) is 17.0 Å². The number of hydrogen-bond acceptors (Lipinski definition) is 3. The molecule has 3 aliphatic rings. The summed E-state index contributed by atoms with van der Waals surface area (Å²) in [4.78, 5) is 13.8. The maximum atomic E-state index is 12.7. The van der Waals surface area contributed by atoms with Crippen LogP contribution in [-0.2, 0) is 5.41 Å². The van der Waals surface area contributed by atoms with Crippen LogP contribution in [0.4, 0.5) is 0 Å². The van der Waals surface area contributed by atoms with Crippen LogP contribution in [0.1, 0.15) is 75.7 Å². The van der Waals surface area contributed by atoms with Gasteiger partial charge in [0.15, 0.2) is 0 Å². The van der Waals surface area contributed by atoms with Gasteiger partial charge in [0.2, 0.25) is 0 Å². The monoisotopic (exact) mass is 387 g/mol. The lowest BCUT2D eigenvalue weighted by molar-refractivity contribution is -0.0974. The number of aromatic hydroxyl groups is 1. The highest BCUT2D eigenvalue weighted by Crippen LogP contribution is 2.67. The molecule has 0 bridgehead atoms. The number of fused-ring (bicyclic) bond motifs is 5. The number of carbonyl (C=O) groups excluding carboxylic acids is 1. The molecule has 1 aromatic rings. The van der Waals surface area contributed by atoms with Gasteiger partial charge in [0, 0.05) is 23.3 Å². The van der Waals surface area contributed by atoms with E-state index in [-0.39, 0.29) is 17.1 Å². The molecule has 0 spiro atoms. The van der Waals surface area contributed by atoms with Crippen LogP contribution in [0.25, 0.3) is 0 Å². The third kappa shape index (κ3) is 2.66. The summed E-state index contributed by atoms with van der Waals surface area (Å²) in [5.74, 6) is 2.51. The highest BCUT2D eigenvalue weighted by Gasteiger charge is 2.60. The van der Waals surface area contributed by atoms with Gasteiger partial charge in [-0.05, 0) is 71.5 Å². The third-order valence-corrected chi connectivity index (χ3v) is 9.46. The molecule has 0 saturated heterocycles. The third-order valence-electron chi connectivity index (χ3n) is 8.33. The first kappa shape index (κ1) is 19.2.